The van der Waals surface area contributed by atoms with Crippen molar-refractivity contribution in [3.63, 3.8) is 0 Å². The number of alkyl halides is 3. The van der Waals surface area contributed by atoms with Crippen LogP contribution in [0.2, 0.25) is 5.02 Å². The average Bonchev–Trinajstić information content (AvgIpc) is 3.18. The van der Waals surface area contributed by atoms with Crippen molar-refractivity contribution >= 4 is 44.6 Å². The van der Waals surface area contributed by atoms with Gasteiger partial charge in [-0.25, -0.2) is 8.42 Å². The first-order valence-electron chi connectivity index (χ1n) is 8.30. The Kier molecular flexibility index (Phi) is 6.04. The number of piperidine rings is 1. The molecule has 3 rings (SSSR count). The molecule has 0 bridgehead atoms. The summed E-state index contributed by atoms with van der Waals surface area (Å²) in [6.45, 7) is 0.273. The summed E-state index contributed by atoms with van der Waals surface area (Å²) in [5.74, 6) is -1.19. The van der Waals surface area contributed by atoms with Gasteiger partial charge in [-0.2, -0.15) is 17.5 Å². The molecule has 0 saturated carbocycles. The molecule has 1 aromatic carbocycles. The Morgan fingerprint density at radius 3 is 2.68 bits per heavy atom. The standard InChI is InChI=1S/C17H16ClF3N2O3S2/c18-14-6-5-12(9-13(14)17(19,20)21)22-16(24)11-3-1-7-23(10-11)28(25,26)15-4-2-8-27-15/h2,4-6,8-9,11H,1,3,7,10H2,(H,22,24)/t11-/m1/s1. The molecule has 0 radical (unpaired) electrons. The van der Waals surface area contributed by atoms with Crippen molar-refractivity contribution in [3.8, 4) is 0 Å². The minimum atomic E-state index is -4.64. The van der Waals surface area contributed by atoms with Crippen molar-refractivity contribution in [2.45, 2.75) is 23.2 Å². The Morgan fingerprint density at radius 2 is 2.04 bits per heavy atom. The van der Waals surface area contributed by atoms with E-state index >= 15 is 0 Å². The number of amides is 1. The summed E-state index contributed by atoms with van der Waals surface area (Å²) in [5, 5.41) is 3.63. The zero-order valence-corrected chi connectivity index (χ0v) is 16.8. The van der Waals surface area contributed by atoms with Gasteiger partial charge in [-0.1, -0.05) is 17.7 Å². The van der Waals surface area contributed by atoms with E-state index in [1.54, 1.807) is 11.4 Å². The fourth-order valence-electron chi connectivity index (χ4n) is 2.98. The van der Waals surface area contributed by atoms with E-state index in [2.05, 4.69) is 5.32 Å². The molecule has 2 heterocycles. The highest BCUT2D eigenvalue weighted by Gasteiger charge is 2.35. The second-order valence-corrected chi connectivity index (χ2v) is 9.84. The van der Waals surface area contributed by atoms with Crippen molar-refractivity contribution in [2.75, 3.05) is 18.4 Å². The van der Waals surface area contributed by atoms with Crippen LogP contribution in [0, 0.1) is 5.92 Å². The van der Waals surface area contributed by atoms with E-state index < -0.39 is 38.6 Å². The Hall–Kier alpha value is -1.62. The molecule has 0 spiro atoms. The molecular weight excluding hydrogens is 437 g/mol. The van der Waals surface area contributed by atoms with E-state index in [0.29, 0.717) is 19.4 Å². The largest absolute Gasteiger partial charge is 0.417 e. The van der Waals surface area contributed by atoms with Crippen LogP contribution >= 0.6 is 22.9 Å². The molecule has 1 saturated heterocycles. The van der Waals surface area contributed by atoms with Crippen LogP contribution in [0.15, 0.2) is 39.9 Å². The van der Waals surface area contributed by atoms with Gasteiger partial charge < -0.3 is 5.32 Å². The van der Waals surface area contributed by atoms with Crippen LogP contribution in [0.5, 0.6) is 0 Å². The number of hydrogen-bond donors (Lipinski definition) is 1. The molecule has 2 aromatic rings. The molecule has 11 heteroatoms. The highest BCUT2D eigenvalue weighted by atomic mass is 35.5. The van der Waals surface area contributed by atoms with Gasteiger partial charge in [-0.05, 0) is 42.5 Å². The molecule has 1 aromatic heterocycles. The van der Waals surface area contributed by atoms with Gasteiger partial charge in [0.2, 0.25) is 5.91 Å². The lowest BCUT2D eigenvalue weighted by atomic mass is 9.98. The lowest BCUT2D eigenvalue weighted by Crippen LogP contribution is -2.43. The quantitative estimate of drug-likeness (QED) is 0.744. The third-order valence-electron chi connectivity index (χ3n) is 4.38. The number of nitrogens with one attached hydrogen (secondary N) is 1. The molecule has 1 amide bonds. The molecule has 152 valence electrons. The number of halogens is 4. The monoisotopic (exact) mass is 452 g/mol. The third kappa shape index (κ3) is 4.51. The maximum atomic E-state index is 13.0. The van der Waals surface area contributed by atoms with Crippen molar-refractivity contribution in [1.29, 1.82) is 0 Å². The number of sulfonamides is 1. The van der Waals surface area contributed by atoms with E-state index in [1.165, 1.54) is 16.4 Å². The molecule has 5 nitrogen and oxygen atoms in total. The number of thiophene rings is 1. The number of hydrogen-bond acceptors (Lipinski definition) is 4. The predicted octanol–water partition coefficient (Wildman–Crippen LogP) is 4.46. The molecular formula is C17H16ClF3N2O3S2. The highest BCUT2D eigenvalue weighted by Crippen LogP contribution is 2.36. The number of carbonyl (C=O) groups is 1. The summed E-state index contributed by atoms with van der Waals surface area (Å²) < 4.78 is 65.6. The molecule has 1 aliphatic rings. The smallest absolute Gasteiger partial charge is 0.326 e. The zero-order chi connectivity index (χ0) is 20.5. The Balaban J connectivity index is 1.73. The lowest BCUT2D eigenvalue weighted by molar-refractivity contribution is -0.137. The maximum Gasteiger partial charge on any atom is 0.417 e. The minimum Gasteiger partial charge on any atom is -0.326 e. The van der Waals surface area contributed by atoms with E-state index in [4.69, 9.17) is 11.6 Å². The van der Waals surface area contributed by atoms with Gasteiger partial charge >= 0.3 is 6.18 Å². The second-order valence-electron chi connectivity index (χ2n) is 6.32. The molecule has 1 fully saturated rings. The summed E-state index contributed by atoms with van der Waals surface area (Å²) in [6, 6.07) is 6.23. The first-order chi connectivity index (χ1) is 13.1. The van der Waals surface area contributed by atoms with Crippen LogP contribution in [0.4, 0.5) is 18.9 Å². The van der Waals surface area contributed by atoms with Gasteiger partial charge in [0.05, 0.1) is 16.5 Å². The number of rotatable bonds is 4. The summed E-state index contributed by atoms with van der Waals surface area (Å²) in [4.78, 5) is 12.5. The van der Waals surface area contributed by atoms with Crippen molar-refractivity contribution in [3.05, 3.63) is 46.3 Å². The van der Waals surface area contributed by atoms with Gasteiger partial charge in [-0.15, -0.1) is 11.3 Å². The summed E-state index contributed by atoms with van der Waals surface area (Å²) in [6.07, 6.45) is -3.71. The van der Waals surface area contributed by atoms with Crippen LogP contribution < -0.4 is 5.32 Å². The molecule has 1 aliphatic heterocycles. The topological polar surface area (TPSA) is 66.5 Å². The van der Waals surface area contributed by atoms with Crippen LogP contribution in [-0.2, 0) is 21.0 Å². The summed E-state index contributed by atoms with van der Waals surface area (Å²) >= 11 is 6.67. The average molecular weight is 453 g/mol. The lowest BCUT2D eigenvalue weighted by Gasteiger charge is -2.30. The Morgan fingerprint density at radius 1 is 1.29 bits per heavy atom. The normalized spacial score (nSPS) is 18.8. The number of carbonyl (C=O) groups excluding carboxylic acids is 1. The van der Waals surface area contributed by atoms with Gasteiger partial charge in [0.25, 0.3) is 10.0 Å². The second kappa shape index (κ2) is 8.02. The van der Waals surface area contributed by atoms with Gasteiger partial charge in [0.1, 0.15) is 4.21 Å². The van der Waals surface area contributed by atoms with E-state index in [-0.39, 0.29) is 16.4 Å². The fraction of sp³-hybridized carbons (Fsp3) is 0.353. The summed E-state index contributed by atoms with van der Waals surface area (Å²) in [7, 11) is -3.68. The van der Waals surface area contributed by atoms with Crippen LogP contribution in [0.25, 0.3) is 0 Å². The van der Waals surface area contributed by atoms with Crippen molar-refractivity contribution in [2.24, 2.45) is 5.92 Å². The zero-order valence-electron chi connectivity index (χ0n) is 14.4. The first kappa shape index (κ1) is 21.1. The first-order valence-corrected chi connectivity index (χ1v) is 11.0. The highest BCUT2D eigenvalue weighted by molar-refractivity contribution is 7.91. The number of anilines is 1. The number of benzene rings is 1. The van der Waals surface area contributed by atoms with E-state index in [1.807, 2.05) is 0 Å². The number of nitrogens with zero attached hydrogens (tertiary/aromatic N) is 1. The Bertz CT molecular complexity index is 963. The predicted molar refractivity (Wildman–Crippen MR) is 101 cm³/mol. The van der Waals surface area contributed by atoms with Gasteiger partial charge in [0.15, 0.2) is 0 Å². The molecule has 0 unspecified atom stereocenters. The van der Waals surface area contributed by atoms with E-state index in [0.717, 1.165) is 23.5 Å². The summed E-state index contributed by atoms with van der Waals surface area (Å²) in [5.41, 5.74) is -1.09. The van der Waals surface area contributed by atoms with Crippen LogP contribution in [-0.4, -0.2) is 31.7 Å². The fourth-order valence-corrected chi connectivity index (χ4v) is 5.87. The Labute approximate surface area is 169 Å². The van der Waals surface area contributed by atoms with Crippen molar-refractivity contribution < 1.29 is 26.4 Å². The third-order valence-corrected chi connectivity index (χ3v) is 7.95. The molecule has 1 N–H and O–H groups in total. The molecule has 1 atom stereocenters. The van der Waals surface area contributed by atoms with E-state index in [9.17, 15) is 26.4 Å². The van der Waals surface area contributed by atoms with Crippen molar-refractivity contribution in [1.82, 2.24) is 4.31 Å². The SMILES string of the molecule is O=C(Nc1ccc(Cl)c(C(F)(F)F)c1)[C@@H]1CCCN(S(=O)(=O)c2cccs2)C1. The van der Waals surface area contributed by atoms with Gasteiger partial charge in [-0.3, -0.25) is 4.79 Å². The van der Waals surface area contributed by atoms with Gasteiger partial charge in [0, 0.05) is 18.8 Å². The van der Waals surface area contributed by atoms with Crippen LogP contribution in [0.3, 0.4) is 0 Å². The molecule has 0 aliphatic carbocycles. The molecule has 28 heavy (non-hydrogen) atoms. The van der Waals surface area contributed by atoms with Crippen LogP contribution in [0.1, 0.15) is 18.4 Å². The minimum absolute atomic E-state index is 0.0220. The maximum absolute atomic E-state index is 13.0.